The third-order valence-corrected chi connectivity index (χ3v) is 15.8. The van der Waals surface area contributed by atoms with Gasteiger partial charge in [-0.1, -0.05) is 152 Å². The molecular weight excluding hydrogens is 795 g/mol. The van der Waals surface area contributed by atoms with E-state index in [1.54, 1.807) is 0 Å². The minimum absolute atomic E-state index is 0.180. The first kappa shape index (κ1) is 37.7. The van der Waals surface area contributed by atoms with Gasteiger partial charge in [-0.25, -0.2) is 0 Å². The van der Waals surface area contributed by atoms with E-state index < -0.39 is 0 Å². The van der Waals surface area contributed by atoms with E-state index in [0.29, 0.717) is 17.9 Å². The van der Waals surface area contributed by atoms with Crippen molar-refractivity contribution >= 4 is 76.1 Å². The van der Waals surface area contributed by atoms with Gasteiger partial charge in [0.2, 0.25) is 0 Å². The molecule has 1 aliphatic heterocycles. The number of allylic oxidation sites excluding steroid dienone is 10. The molecule has 13 rings (SSSR count). The molecule has 6 aromatic carbocycles. The van der Waals surface area contributed by atoms with Gasteiger partial charge < -0.3 is 14.4 Å². The number of nitrogens with zero attached hydrogens (tertiary/aromatic N) is 3. The van der Waals surface area contributed by atoms with Crippen molar-refractivity contribution < 1.29 is 0 Å². The zero-order chi connectivity index (χ0) is 42.1. The SMILES string of the molecule is C1=CCC(n2c3ccccc3c3cc(-c4ccc(N(c5cccc6c5sc5c7c(ccc56)N(c5ccccc5)C5C=CC=CC75)C5C=CC(C6C=CCCC6)=CC5)cc4)ccc32)C=C1. The lowest BCUT2D eigenvalue weighted by molar-refractivity contribution is 0.606. The van der Waals surface area contributed by atoms with Gasteiger partial charge in [0.25, 0.3) is 0 Å². The number of hydrogen-bond donors (Lipinski definition) is 0. The van der Waals surface area contributed by atoms with Crippen molar-refractivity contribution in [2.75, 3.05) is 9.80 Å². The molecule has 5 unspecified atom stereocenters. The lowest BCUT2D eigenvalue weighted by Gasteiger charge is -2.34. The highest BCUT2D eigenvalue weighted by Crippen LogP contribution is 2.54. The maximum absolute atomic E-state index is 2.63. The summed E-state index contributed by atoms with van der Waals surface area (Å²) in [6.07, 6.45) is 36.2. The molecule has 0 radical (unpaired) electrons. The van der Waals surface area contributed by atoms with E-state index in [-0.39, 0.29) is 12.1 Å². The van der Waals surface area contributed by atoms with Crippen LogP contribution >= 0.6 is 11.3 Å². The van der Waals surface area contributed by atoms with Crippen LogP contribution < -0.4 is 9.80 Å². The Hall–Kier alpha value is -6.88. The minimum atomic E-state index is 0.180. The van der Waals surface area contributed by atoms with Gasteiger partial charge in [-0.05, 0) is 103 Å². The molecule has 310 valence electrons. The van der Waals surface area contributed by atoms with Crippen molar-refractivity contribution in [3.05, 3.63) is 218 Å². The molecule has 0 saturated heterocycles. The molecule has 0 spiro atoms. The molecule has 0 fully saturated rings. The van der Waals surface area contributed by atoms with Crippen molar-refractivity contribution in [3.63, 3.8) is 0 Å². The second kappa shape index (κ2) is 15.4. The van der Waals surface area contributed by atoms with E-state index >= 15 is 0 Å². The van der Waals surface area contributed by atoms with Crippen molar-refractivity contribution in [1.29, 1.82) is 0 Å². The fourth-order valence-electron chi connectivity index (χ4n) is 11.6. The number of aromatic nitrogens is 1. The van der Waals surface area contributed by atoms with Gasteiger partial charge in [0.1, 0.15) is 0 Å². The molecule has 0 N–H and O–H groups in total. The van der Waals surface area contributed by atoms with E-state index in [1.165, 1.54) is 106 Å². The molecular formula is C60H49N3S. The van der Waals surface area contributed by atoms with E-state index in [1.807, 2.05) is 11.3 Å². The third-order valence-electron chi connectivity index (χ3n) is 14.6. The molecule has 0 bridgehead atoms. The molecule has 3 heterocycles. The van der Waals surface area contributed by atoms with Crippen LogP contribution in [-0.4, -0.2) is 16.7 Å². The van der Waals surface area contributed by atoms with Crippen LogP contribution in [0.5, 0.6) is 0 Å². The minimum Gasteiger partial charge on any atom is -0.333 e. The van der Waals surface area contributed by atoms with Gasteiger partial charge in [0.05, 0.1) is 28.5 Å². The molecule has 4 aliphatic carbocycles. The normalized spacial score (nSPS) is 22.2. The van der Waals surface area contributed by atoms with Crippen LogP contribution in [0, 0.1) is 5.92 Å². The summed E-state index contributed by atoms with van der Waals surface area (Å²) >= 11 is 1.99. The molecule has 3 nitrogen and oxygen atoms in total. The Labute approximate surface area is 379 Å². The zero-order valence-electron chi connectivity index (χ0n) is 35.8. The largest absolute Gasteiger partial charge is 0.333 e. The highest BCUT2D eigenvalue weighted by Gasteiger charge is 2.39. The molecule has 8 aromatic rings. The fourth-order valence-corrected chi connectivity index (χ4v) is 13.0. The highest BCUT2D eigenvalue weighted by atomic mass is 32.1. The average Bonchev–Trinajstić information content (AvgIpc) is 4.03. The monoisotopic (exact) mass is 843 g/mol. The summed E-state index contributed by atoms with van der Waals surface area (Å²) in [7, 11) is 0. The van der Waals surface area contributed by atoms with Gasteiger partial charge >= 0.3 is 0 Å². The van der Waals surface area contributed by atoms with E-state index in [9.17, 15) is 0 Å². The van der Waals surface area contributed by atoms with Gasteiger partial charge in [0.15, 0.2) is 0 Å². The van der Waals surface area contributed by atoms with E-state index in [2.05, 4.69) is 221 Å². The number of para-hydroxylation sites is 2. The third kappa shape index (κ3) is 6.07. The summed E-state index contributed by atoms with van der Waals surface area (Å²) in [4.78, 5) is 5.19. The fraction of sp³-hybridized carbons (Fsp3) is 0.167. The summed E-state index contributed by atoms with van der Waals surface area (Å²) in [5, 5.41) is 5.31. The first-order valence-corrected chi connectivity index (χ1v) is 24.1. The second-order valence-electron chi connectivity index (χ2n) is 18.1. The number of hydrogen-bond acceptors (Lipinski definition) is 3. The standard InChI is InChI=1S/C60H49N3S/c1-4-15-40(16-5-1)41-27-32-46(33-28-41)61(47-34-29-42(30-35-47)43-31-37-55-52(39-43)48-21-10-12-24-53(48)62(55)44-17-6-2-7-18-44)57-26-14-23-49-50-36-38-56-58(60(50)64-59(49)57)51-22-11-13-25-54(51)63(56)45-19-8-3-9-20-45/h2-4,6-15,17,19-32,34-40,44,46,51,54H,1,5,16,18,33H2. The Kier molecular flexibility index (Phi) is 9.08. The van der Waals surface area contributed by atoms with Crippen LogP contribution in [0.15, 0.2) is 212 Å². The molecule has 5 aliphatic rings. The van der Waals surface area contributed by atoms with Crippen molar-refractivity contribution in [1.82, 2.24) is 4.57 Å². The number of fused-ring (bicyclic) bond motifs is 10. The maximum Gasteiger partial charge on any atom is 0.0630 e. The summed E-state index contributed by atoms with van der Waals surface area (Å²) in [5.74, 6) is 0.817. The summed E-state index contributed by atoms with van der Waals surface area (Å²) in [5.41, 5.74) is 13.0. The molecule has 0 amide bonds. The average molecular weight is 844 g/mol. The Balaban J connectivity index is 0.924. The van der Waals surface area contributed by atoms with Gasteiger partial charge in [-0.15, -0.1) is 11.3 Å². The topological polar surface area (TPSA) is 11.4 Å². The molecule has 0 saturated carbocycles. The summed E-state index contributed by atoms with van der Waals surface area (Å²) < 4.78 is 5.28. The smallest absolute Gasteiger partial charge is 0.0630 e. The molecule has 5 atom stereocenters. The number of thiophene rings is 1. The van der Waals surface area contributed by atoms with Crippen LogP contribution in [0.25, 0.3) is 53.1 Å². The molecule has 2 aromatic heterocycles. The first-order chi connectivity index (χ1) is 31.8. The Morgan fingerprint density at radius 2 is 1.41 bits per heavy atom. The van der Waals surface area contributed by atoms with E-state index in [0.717, 1.165) is 12.8 Å². The van der Waals surface area contributed by atoms with Crippen LogP contribution in [0.1, 0.15) is 49.6 Å². The van der Waals surface area contributed by atoms with Gasteiger partial charge in [-0.3, -0.25) is 0 Å². The van der Waals surface area contributed by atoms with E-state index in [4.69, 9.17) is 0 Å². The van der Waals surface area contributed by atoms with Crippen LogP contribution in [0.4, 0.5) is 22.7 Å². The quantitative estimate of drug-likeness (QED) is 0.148. The lowest BCUT2D eigenvalue weighted by atomic mass is 9.85. The van der Waals surface area contributed by atoms with Crippen LogP contribution in [-0.2, 0) is 0 Å². The second-order valence-corrected chi connectivity index (χ2v) is 19.1. The number of anilines is 4. The molecule has 4 heteroatoms. The van der Waals surface area contributed by atoms with Crippen LogP contribution in [0.3, 0.4) is 0 Å². The maximum atomic E-state index is 2.63. The summed E-state index contributed by atoms with van der Waals surface area (Å²) in [6, 6.07) is 48.9. The predicted octanol–water partition coefficient (Wildman–Crippen LogP) is 16.4. The predicted molar refractivity (Wildman–Crippen MR) is 274 cm³/mol. The zero-order valence-corrected chi connectivity index (χ0v) is 36.6. The Bertz CT molecular complexity index is 3350. The van der Waals surface area contributed by atoms with Crippen molar-refractivity contribution in [3.8, 4) is 11.1 Å². The first-order valence-electron chi connectivity index (χ1n) is 23.2. The molecule has 64 heavy (non-hydrogen) atoms. The van der Waals surface area contributed by atoms with Crippen molar-refractivity contribution in [2.24, 2.45) is 5.92 Å². The number of benzene rings is 6. The van der Waals surface area contributed by atoms with Gasteiger partial charge in [-0.2, -0.15) is 0 Å². The lowest BCUT2D eigenvalue weighted by Crippen LogP contribution is -2.30. The highest BCUT2D eigenvalue weighted by molar-refractivity contribution is 7.26. The van der Waals surface area contributed by atoms with Gasteiger partial charge in [0, 0.05) is 71.7 Å². The van der Waals surface area contributed by atoms with Crippen LogP contribution in [0.2, 0.25) is 0 Å². The Morgan fingerprint density at radius 1 is 0.594 bits per heavy atom. The summed E-state index contributed by atoms with van der Waals surface area (Å²) in [6.45, 7) is 0. The number of rotatable bonds is 7. The Morgan fingerprint density at radius 3 is 2.25 bits per heavy atom. The van der Waals surface area contributed by atoms with Crippen molar-refractivity contribution in [2.45, 2.75) is 56.1 Å².